The largest absolute Gasteiger partial charge is 0.390 e. The van der Waals surface area contributed by atoms with E-state index in [0.717, 1.165) is 5.69 Å². The first-order chi connectivity index (χ1) is 6.36. The molecule has 0 aromatic carbocycles. The van der Waals surface area contributed by atoms with E-state index in [-0.39, 0.29) is 6.61 Å². The maximum Gasteiger partial charge on any atom is 0.0853 e. The average Bonchev–Trinajstić information content (AvgIpc) is 2.19. The van der Waals surface area contributed by atoms with Crippen LogP contribution in [-0.2, 0) is 6.61 Å². The Hall–Kier alpha value is -1.66. The van der Waals surface area contributed by atoms with E-state index in [1.807, 2.05) is 18.2 Å². The van der Waals surface area contributed by atoms with Gasteiger partial charge in [0.25, 0.3) is 0 Å². The molecule has 3 nitrogen and oxygen atoms in total. The van der Waals surface area contributed by atoms with Crippen LogP contribution in [0.4, 0.5) is 0 Å². The predicted octanol–water partition coefficient (Wildman–Crippen LogP) is 1.50. The fourth-order valence-corrected chi connectivity index (χ4v) is 0.911. The number of nitriles is 1. The minimum atomic E-state index is -0.0556. The molecule has 0 saturated carbocycles. The zero-order valence-electron chi connectivity index (χ0n) is 7.14. The Balaban J connectivity index is 2.73. The maximum absolute atomic E-state index is 8.79. The first-order valence-corrected chi connectivity index (χ1v) is 3.97. The number of pyridine rings is 1. The van der Waals surface area contributed by atoms with Gasteiger partial charge in [0.1, 0.15) is 0 Å². The lowest BCUT2D eigenvalue weighted by molar-refractivity contribution is 0.277. The number of hydrogen-bond acceptors (Lipinski definition) is 3. The van der Waals surface area contributed by atoms with E-state index in [0.29, 0.717) is 12.1 Å². The molecule has 0 spiro atoms. The minimum absolute atomic E-state index is 0.0556. The highest BCUT2D eigenvalue weighted by molar-refractivity contribution is 5.44. The second-order valence-electron chi connectivity index (χ2n) is 2.48. The van der Waals surface area contributed by atoms with Crippen LogP contribution in [0.1, 0.15) is 17.8 Å². The van der Waals surface area contributed by atoms with Crippen LogP contribution in [0, 0.1) is 11.3 Å². The zero-order valence-corrected chi connectivity index (χ0v) is 7.14. The second-order valence-corrected chi connectivity index (χ2v) is 2.48. The minimum Gasteiger partial charge on any atom is -0.390 e. The van der Waals surface area contributed by atoms with Crippen molar-refractivity contribution in [1.82, 2.24) is 4.98 Å². The van der Waals surface area contributed by atoms with Gasteiger partial charge >= 0.3 is 0 Å². The van der Waals surface area contributed by atoms with Gasteiger partial charge < -0.3 is 5.11 Å². The molecule has 0 fully saturated rings. The van der Waals surface area contributed by atoms with Gasteiger partial charge in [-0.3, -0.25) is 4.98 Å². The van der Waals surface area contributed by atoms with Gasteiger partial charge in [-0.1, -0.05) is 12.1 Å². The van der Waals surface area contributed by atoms with Gasteiger partial charge in [-0.2, -0.15) is 5.26 Å². The number of nitrogens with zero attached hydrogens (tertiary/aromatic N) is 2. The van der Waals surface area contributed by atoms with Crippen molar-refractivity contribution in [2.24, 2.45) is 0 Å². The Labute approximate surface area is 77.0 Å². The van der Waals surface area contributed by atoms with E-state index < -0.39 is 0 Å². The molecule has 0 aliphatic rings. The van der Waals surface area contributed by atoms with Crippen molar-refractivity contribution in [1.29, 1.82) is 5.26 Å². The molecule has 1 N–H and O–H groups in total. The number of allylic oxidation sites excluding steroid dienone is 1. The summed E-state index contributed by atoms with van der Waals surface area (Å²) in [6.45, 7) is -0.0556. The lowest BCUT2D eigenvalue weighted by atomic mass is 10.3. The Morgan fingerprint density at radius 1 is 1.54 bits per heavy atom. The van der Waals surface area contributed by atoms with E-state index in [1.54, 1.807) is 18.2 Å². The fourth-order valence-electron chi connectivity index (χ4n) is 0.911. The van der Waals surface area contributed by atoms with Crippen molar-refractivity contribution in [3.63, 3.8) is 0 Å². The zero-order chi connectivity index (χ0) is 9.52. The number of rotatable bonds is 3. The lowest BCUT2D eigenvalue weighted by Gasteiger charge is -1.95. The molecule has 1 rings (SSSR count). The predicted molar refractivity (Wildman–Crippen MR) is 49.4 cm³/mol. The first-order valence-electron chi connectivity index (χ1n) is 3.97. The van der Waals surface area contributed by atoms with Gasteiger partial charge in [0.2, 0.25) is 0 Å². The summed E-state index contributed by atoms with van der Waals surface area (Å²) in [6, 6.07) is 7.40. The van der Waals surface area contributed by atoms with Crippen molar-refractivity contribution in [3.05, 3.63) is 35.7 Å². The van der Waals surface area contributed by atoms with Crippen molar-refractivity contribution < 1.29 is 5.11 Å². The number of aliphatic hydroxyl groups is 1. The fraction of sp³-hybridized carbons (Fsp3) is 0.200. The topological polar surface area (TPSA) is 56.9 Å². The van der Waals surface area contributed by atoms with Crippen LogP contribution >= 0.6 is 0 Å². The summed E-state index contributed by atoms with van der Waals surface area (Å²) >= 11 is 0. The summed E-state index contributed by atoms with van der Waals surface area (Å²) in [7, 11) is 0. The molecular weight excluding hydrogens is 164 g/mol. The van der Waals surface area contributed by atoms with E-state index in [4.69, 9.17) is 10.4 Å². The Bertz CT molecular complexity index is 339. The Morgan fingerprint density at radius 3 is 3.08 bits per heavy atom. The monoisotopic (exact) mass is 174 g/mol. The molecule has 13 heavy (non-hydrogen) atoms. The van der Waals surface area contributed by atoms with E-state index >= 15 is 0 Å². The molecular formula is C10H10N2O. The van der Waals surface area contributed by atoms with Crippen LogP contribution in [0.2, 0.25) is 0 Å². The summed E-state index contributed by atoms with van der Waals surface area (Å²) in [5.74, 6) is 0. The quantitative estimate of drug-likeness (QED) is 0.755. The molecule has 0 saturated heterocycles. The van der Waals surface area contributed by atoms with Gasteiger partial charge in [0.15, 0.2) is 0 Å². The number of hydrogen-bond donors (Lipinski definition) is 1. The Morgan fingerprint density at radius 2 is 2.38 bits per heavy atom. The van der Waals surface area contributed by atoms with Gasteiger partial charge in [-0.25, -0.2) is 0 Å². The number of aromatic nitrogens is 1. The van der Waals surface area contributed by atoms with Crippen LogP contribution in [0.15, 0.2) is 24.3 Å². The van der Waals surface area contributed by atoms with Crippen molar-refractivity contribution in [3.8, 4) is 6.07 Å². The second kappa shape index (κ2) is 5.07. The molecule has 0 aliphatic carbocycles. The summed E-state index contributed by atoms with van der Waals surface area (Å²) in [4.78, 5) is 4.12. The van der Waals surface area contributed by atoms with E-state index in [2.05, 4.69) is 4.98 Å². The van der Waals surface area contributed by atoms with Crippen molar-refractivity contribution in [2.75, 3.05) is 0 Å². The molecule has 0 aliphatic heterocycles. The number of aliphatic hydroxyl groups excluding tert-OH is 1. The normalized spacial score (nSPS) is 10.2. The van der Waals surface area contributed by atoms with E-state index in [1.165, 1.54) is 0 Å². The van der Waals surface area contributed by atoms with Crippen LogP contribution in [0.25, 0.3) is 6.08 Å². The summed E-state index contributed by atoms with van der Waals surface area (Å²) in [5, 5.41) is 17.1. The summed E-state index contributed by atoms with van der Waals surface area (Å²) in [6.07, 6.45) is 3.89. The average molecular weight is 174 g/mol. The molecule has 1 aromatic heterocycles. The molecule has 0 amide bonds. The molecule has 66 valence electrons. The van der Waals surface area contributed by atoms with Gasteiger partial charge in [-0.15, -0.1) is 0 Å². The molecule has 0 unspecified atom stereocenters. The maximum atomic E-state index is 8.79. The highest BCUT2D eigenvalue weighted by Gasteiger charge is 1.91. The van der Waals surface area contributed by atoms with Crippen LogP contribution in [-0.4, -0.2) is 10.1 Å². The molecule has 1 heterocycles. The van der Waals surface area contributed by atoms with Crippen molar-refractivity contribution >= 4 is 6.08 Å². The SMILES string of the molecule is N#CCC=Cc1cccc(CO)n1. The molecule has 0 radical (unpaired) electrons. The Kier molecular flexibility index (Phi) is 3.68. The van der Waals surface area contributed by atoms with Crippen LogP contribution in [0.5, 0.6) is 0 Å². The molecule has 0 atom stereocenters. The van der Waals surface area contributed by atoms with Crippen molar-refractivity contribution in [2.45, 2.75) is 13.0 Å². The van der Waals surface area contributed by atoms with E-state index in [9.17, 15) is 0 Å². The highest BCUT2D eigenvalue weighted by atomic mass is 16.3. The first kappa shape index (κ1) is 9.43. The highest BCUT2D eigenvalue weighted by Crippen LogP contribution is 2.01. The third-order valence-electron chi connectivity index (χ3n) is 1.49. The van der Waals surface area contributed by atoms with Gasteiger partial charge in [0.05, 0.1) is 30.5 Å². The molecule has 0 bridgehead atoms. The smallest absolute Gasteiger partial charge is 0.0853 e. The van der Waals surface area contributed by atoms with Crippen LogP contribution in [0.3, 0.4) is 0 Å². The molecule has 3 heteroatoms. The molecule has 1 aromatic rings. The lowest BCUT2D eigenvalue weighted by Crippen LogP contribution is -1.89. The summed E-state index contributed by atoms with van der Waals surface area (Å²) in [5.41, 5.74) is 1.40. The third-order valence-corrected chi connectivity index (χ3v) is 1.49. The standard InChI is InChI=1S/C10H10N2O/c11-7-2-1-4-9-5-3-6-10(8-13)12-9/h1,3-6,13H,2,8H2. The third kappa shape index (κ3) is 3.06. The van der Waals surface area contributed by atoms with Gasteiger partial charge in [0, 0.05) is 0 Å². The summed E-state index contributed by atoms with van der Waals surface area (Å²) < 4.78 is 0. The van der Waals surface area contributed by atoms with Gasteiger partial charge in [-0.05, 0) is 18.2 Å². The van der Waals surface area contributed by atoms with Crippen LogP contribution < -0.4 is 0 Å².